The Labute approximate surface area is 183 Å². The Morgan fingerprint density at radius 3 is 2.84 bits per heavy atom. The molecule has 0 radical (unpaired) electrons. The molecule has 0 atom stereocenters. The van der Waals surface area contributed by atoms with Crippen molar-refractivity contribution < 1.29 is 4.79 Å². The van der Waals surface area contributed by atoms with Gasteiger partial charge in [-0.1, -0.05) is 25.0 Å². The second-order valence-electron chi connectivity index (χ2n) is 7.84. The molecule has 3 aromatic rings. The molecule has 2 aromatic heterocycles. The molecule has 158 valence electrons. The van der Waals surface area contributed by atoms with Gasteiger partial charge in [-0.2, -0.15) is 0 Å². The molecule has 0 saturated carbocycles. The number of hydrogen-bond donors (Lipinski definition) is 0. The van der Waals surface area contributed by atoms with Crippen LogP contribution in [-0.4, -0.2) is 45.5 Å². The van der Waals surface area contributed by atoms with Gasteiger partial charge in [-0.15, -0.1) is 6.42 Å². The minimum absolute atomic E-state index is 0.0295. The summed E-state index contributed by atoms with van der Waals surface area (Å²) in [6.45, 7) is 3.50. The molecule has 1 aliphatic heterocycles. The van der Waals surface area contributed by atoms with E-state index in [-0.39, 0.29) is 12.3 Å². The van der Waals surface area contributed by atoms with Gasteiger partial charge in [-0.3, -0.25) is 4.79 Å². The summed E-state index contributed by atoms with van der Waals surface area (Å²) in [6, 6.07) is 8.67. The Kier molecular flexibility index (Phi) is 5.77. The molecule has 31 heavy (non-hydrogen) atoms. The number of nitrogens with zero attached hydrogens (tertiary/aromatic N) is 5. The molecule has 6 heteroatoms. The lowest BCUT2D eigenvalue weighted by Gasteiger charge is -2.27. The summed E-state index contributed by atoms with van der Waals surface area (Å²) in [7, 11) is 4.04. The maximum Gasteiger partial charge on any atom is 0.234 e. The Morgan fingerprint density at radius 1 is 1.29 bits per heavy atom. The maximum absolute atomic E-state index is 12.0. The average molecular weight is 414 g/mol. The SMILES string of the molecule is C#CCC(=O)N1CC=C(c2ccc(N(C)c3cc4c(cn3)ncn4C)c(CC)c2)CC1. The second kappa shape index (κ2) is 8.65. The molecule has 4 rings (SSSR count). The molecule has 0 N–H and O–H groups in total. The topological polar surface area (TPSA) is 54.3 Å². The van der Waals surface area contributed by atoms with E-state index in [4.69, 9.17) is 6.42 Å². The predicted octanol–water partition coefficient (Wildman–Crippen LogP) is 3.94. The van der Waals surface area contributed by atoms with Gasteiger partial charge in [0.15, 0.2) is 0 Å². The molecule has 3 heterocycles. The van der Waals surface area contributed by atoms with Crippen LogP contribution in [0.3, 0.4) is 0 Å². The van der Waals surface area contributed by atoms with Crippen LogP contribution in [0.15, 0.2) is 42.9 Å². The summed E-state index contributed by atoms with van der Waals surface area (Å²) in [5.74, 6) is 3.35. The number of terminal acetylenes is 1. The molecule has 1 aliphatic rings. The van der Waals surface area contributed by atoms with E-state index < -0.39 is 0 Å². The third-order valence-corrected chi connectivity index (χ3v) is 5.95. The van der Waals surface area contributed by atoms with Crippen molar-refractivity contribution in [3.05, 3.63) is 54.0 Å². The minimum Gasteiger partial charge on any atom is -0.338 e. The third kappa shape index (κ3) is 4.04. The Hall–Kier alpha value is -3.59. The lowest BCUT2D eigenvalue weighted by atomic mass is 9.96. The van der Waals surface area contributed by atoms with Crippen molar-refractivity contribution in [2.45, 2.75) is 26.2 Å². The highest BCUT2D eigenvalue weighted by Gasteiger charge is 2.18. The van der Waals surface area contributed by atoms with E-state index in [0.717, 1.165) is 35.4 Å². The lowest BCUT2D eigenvalue weighted by molar-refractivity contribution is -0.129. The molecule has 0 bridgehead atoms. The number of amides is 1. The van der Waals surface area contributed by atoms with E-state index in [0.29, 0.717) is 13.1 Å². The zero-order chi connectivity index (χ0) is 22.0. The lowest BCUT2D eigenvalue weighted by Crippen LogP contribution is -2.34. The van der Waals surface area contributed by atoms with Crippen LogP contribution in [0.25, 0.3) is 16.6 Å². The maximum atomic E-state index is 12.0. The van der Waals surface area contributed by atoms with Gasteiger partial charge in [0.25, 0.3) is 0 Å². The second-order valence-corrected chi connectivity index (χ2v) is 7.84. The summed E-state index contributed by atoms with van der Waals surface area (Å²) in [5, 5.41) is 0. The van der Waals surface area contributed by atoms with Gasteiger partial charge >= 0.3 is 0 Å². The van der Waals surface area contributed by atoms with Gasteiger partial charge < -0.3 is 14.4 Å². The first-order chi connectivity index (χ1) is 15.0. The fourth-order valence-electron chi connectivity index (χ4n) is 4.08. The first-order valence-corrected chi connectivity index (χ1v) is 10.6. The number of fused-ring (bicyclic) bond motifs is 1. The number of benzene rings is 1. The van der Waals surface area contributed by atoms with E-state index in [9.17, 15) is 4.79 Å². The van der Waals surface area contributed by atoms with E-state index in [1.54, 1.807) is 0 Å². The summed E-state index contributed by atoms with van der Waals surface area (Å²) < 4.78 is 2.01. The fraction of sp³-hybridized carbons (Fsp3) is 0.320. The molecule has 0 aliphatic carbocycles. The number of aromatic nitrogens is 3. The van der Waals surface area contributed by atoms with Gasteiger partial charge in [-0.05, 0) is 41.7 Å². The molecular weight excluding hydrogens is 386 g/mol. The van der Waals surface area contributed by atoms with Crippen molar-refractivity contribution in [3.8, 4) is 12.3 Å². The summed E-state index contributed by atoms with van der Waals surface area (Å²) >= 11 is 0. The molecule has 0 unspecified atom stereocenters. The zero-order valence-electron chi connectivity index (χ0n) is 18.3. The van der Waals surface area contributed by atoms with Crippen LogP contribution in [0.5, 0.6) is 0 Å². The number of imidazole rings is 1. The number of pyridine rings is 1. The normalized spacial score (nSPS) is 13.7. The minimum atomic E-state index is 0.0295. The smallest absolute Gasteiger partial charge is 0.234 e. The molecule has 0 saturated heterocycles. The first-order valence-electron chi connectivity index (χ1n) is 10.6. The number of anilines is 2. The Morgan fingerprint density at radius 2 is 2.13 bits per heavy atom. The summed E-state index contributed by atoms with van der Waals surface area (Å²) in [4.78, 5) is 24.9. The third-order valence-electron chi connectivity index (χ3n) is 5.95. The van der Waals surface area contributed by atoms with Gasteiger partial charge in [0.2, 0.25) is 5.91 Å². The number of carbonyl (C=O) groups excluding carboxylic acids is 1. The van der Waals surface area contributed by atoms with Crippen molar-refractivity contribution in [1.82, 2.24) is 19.4 Å². The van der Waals surface area contributed by atoms with E-state index in [1.807, 2.05) is 36.1 Å². The quantitative estimate of drug-likeness (QED) is 0.595. The van der Waals surface area contributed by atoms with Crippen molar-refractivity contribution >= 4 is 34.0 Å². The monoisotopic (exact) mass is 413 g/mol. The fourth-order valence-corrected chi connectivity index (χ4v) is 4.08. The number of hydrogen-bond acceptors (Lipinski definition) is 4. The zero-order valence-corrected chi connectivity index (χ0v) is 18.3. The number of aryl methyl sites for hydroxylation is 2. The van der Waals surface area contributed by atoms with Crippen molar-refractivity contribution in [1.29, 1.82) is 0 Å². The Balaban J connectivity index is 1.59. The van der Waals surface area contributed by atoms with Crippen LogP contribution in [0.2, 0.25) is 0 Å². The van der Waals surface area contributed by atoms with Crippen molar-refractivity contribution in [2.24, 2.45) is 7.05 Å². The van der Waals surface area contributed by atoms with Crippen LogP contribution in [0.4, 0.5) is 11.5 Å². The van der Waals surface area contributed by atoms with Crippen molar-refractivity contribution in [3.63, 3.8) is 0 Å². The van der Waals surface area contributed by atoms with Crippen LogP contribution in [0.1, 0.15) is 30.9 Å². The summed E-state index contributed by atoms with van der Waals surface area (Å²) in [5.41, 5.74) is 6.85. The molecule has 0 spiro atoms. The molecule has 6 nitrogen and oxygen atoms in total. The molecule has 1 amide bonds. The van der Waals surface area contributed by atoms with Gasteiger partial charge in [0, 0.05) is 38.9 Å². The first kappa shape index (κ1) is 20.7. The highest BCUT2D eigenvalue weighted by Crippen LogP contribution is 2.32. The molecular formula is C25H27N5O. The molecule has 1 aromatic carbocycles. The van der Waals surface area contributed by atoms with Crippen LogP contribution < -0.4 is 4.90 Å². The largest absolute Gasteiger partial charge is 0.338 e. The highest BCUT2D eigenvalue weighted by atomic mass is 16.2. The van der Waals surface area contributed by atoms with E-state index in [2.05, 4.69) is 58.1 Å². The number of rotatable bonds is 5. The van der Waals surface area contributed by atoms with E-state index in [1.165, 1.54) is 16.7 Å². The highest BCUT2D eigenvalue weighted by molar-refractivity contribution is 5.81. The van der Waals surface area contributed by atoms with Gasteiger partial charge in [0.05, 0.1) is 24.5 Å². The summed E-state index contributed by atoms with van der Waals surface area (Å²) in [6.07, 6.45) is 13.0. The van der Waals surface area contributed by atoms with Gasteiger partial charge in [0.1, 0.15) is 11.3 Å². The number of carbonyl (C=O) groups is 1. The average Bonchev–Trinajstić information content (AvgIpc) is 3.18. The van der Waals surface area contributed by atoms with Crippen LogP contribution in [-0.2, 0) is 18.3 Å². The Bertz CT molecular complexity index is 1200. The van der Waals surface area contributed by atoms with Crippen LogP contribution >= 0.6 is 0 Å². The van der Waals surface area contributed by atoms with Crippen LogP contribution in [0, 0.1) is 12.3 Å². The standard InChI is InChI=1S/C25H27N5O/c1-5-7-25(31)30-12-10-19(11-13-30)20-8-9-22(18(6-2)14-20)29(4)24-15-23-21(16-26-24)27-17-28(23)3/h1,8-10,14-17H,6-7,11-13H2,2-4H3. The van der Waals surface area contributed by atoms with Gasteiger partial charge in [-0.25, -0.2) is 9.97 Å². The predicted molar refractivity (Wildman–Crippen MR) is 125 cm³/mol. The molecule has 0 fully saturated rings. The van der Waals surface area contributed by atoms with E-state index >= 15 is 0 Å². The van der Waals surface area contributed by atoms with Crippen molar-refractivity contribution in [2.75, 3.05) is 25.0 Å².